The highest BCUT2D eigenvalue weighted by Crippen LogP contribution is 2.12. The molecule has 0 aliphatic carbocycles. The molecular weight excluding hydrogens is 447 g/mol. The van der Waals surface area contributed by atoms with Crippen LogP contribution in [0.3, 0.4) is 0 Å². The number of rotatable bonds is 6. The Labute approximate surface area is 164 Å². The second-order valence-corrected chi connectivity index (χ2v) is 6.53. The molecule has 6 nitrogen and oxygen atoms in total. The summed E-state index contributed by atoms with van der Waals surface area (Å²) < 4.78 is 5.97. The third kappa shape index (κ3) is 6.67. The summed E-state index contributed by atoms with van der Waals surface area (Å²) in [7, 11) is 0. The number of ether oxygens (including phenoxy) is 1. The van der Waals surface area contributed by atoms with Gasteiger partial charge in [0.2, 0.25) is 5.91 Å². The lowest BCUT2D eigenvalue weighted by Gasteiger charge is -2.10. The van der Waals surface area contributed by atoms with Gasteiger partial charge in [-0.05, 0) is 52.4 Å². The lowest BCUT2D eigenvalue weighted by molar-refractivity contribution is -0.144. The maximum Gasteiger partial charge on any atom is 0.355 e. The Kier molecular flexibility index (Phi) is 7.34. The summed E-state index contributed by atoms with van der Waals surface area (Å²) in [6.45, 7) is 0.825. The smallest absolute Gasteiger partial charge is 0.355 e. The molecule has 0 atom stereocenters. The van der Waals surface area contributed by atoms with Gasteiger partial charge in [0, 0.05) is 16.2 Å². The molecule has 0 radical (unpaired) electrons. The van der Waals surface area contributed by atoms with Gasteiger partial charge in [-0.3, -0.25) is 9.59 Å². The van der Waals surface area contributed by atoms with Crippen LogP contribution in [0.2, 0.25) is 0 Å². The van der Waals surface area contributed by atoms with Crippen LogP contribution >= 0.6 is 22.6 Å². The van der Waals surface area contributed by atoms with Crippen molar-refractivity contribution < 1.29 is 19.1 Å². The Hall–Kier alpha value is -2.68. The van der Waals surface area contributed by atoms with Crippen molar-refractivity contribution in [2.75, 3.05) is 11.9 Å². The van der Waals surface area contributed by atoms with Crippen molar-refractivity contribution in [2.45, 2.75) is 6.92 Å². The first-order valence-electron chi connectivity index (χ1n) is 7.71. The normalized spacial score (nSPS) is 10.8. The van der Waals surface area contributed by atoms with E-state index in [1.807, 2.05) is 12.1 Å². The molecule has 2 aromatic carbocycles. The molecule has 0 bridgehead atoms. The third-order valence-electron chi connectivity index (χ3n) is 3.08. The Morgan fingerprint density at radius 3 is 2.46 bits per heavy atom. The number of hydrogen-bond acceptors (Lipinski definition) is 4. The van der Waals surface area contributed by atoms with Gasteiger partial charge in [-0.15, -0.1) is 0 Å². The molecule has 0 aromatic heterocycles. The molecule has 0 aliphatic heterocycles. The van der Waals surface area contributed by atoms with Crippen molar-refractivity contribution in [3.05, 3.63) is 69.4 Å². The third-order valence-corrected chi connectivity index (χ3v) is 3.75. The maximum absolute atomic E-state index is 12.2. The van der Waals surface area contributed by atoms with Crippen LogP contribution in [0.1, 0.15) is 12.5 Å². The molecule has 0 heterocycles. The van der Waals surface area contributed by atoms with Gasteiger partial charge in [-0.25, -0.2) is 4.79 Å². The molecule has 0 fully saturated rings. The standard InChI is InChI=1S/C19H17IN2O4/c1-13(23)21-17(10-14-6-3-2-4-7-14)19(25)26-12-18(24)22-16-9-5-8-15(20)11-16/h2-11H,12H2,1H3,(H,21,23)(H,22,24). The van der Waals surface area contributed by atoms with Crippen LogP contribution in [-0.2, 0) is 19.1 Å². The van der Waals surface area contributed by atoms with Gasteiger partial charge in [-0.1, -0.05) is 36.4 Å². The minimum Gasteiger partial charge on any atom is -0.451 e. The fraction of sp³-hybridized carbons (Fsp3) is 0.105. The monoisotopic (exact) mass is 464 g/mol. The Morgan fingerprint density at radius 1 is 1.08 bits per heavy atom. The largest absolute Gasteiger partial charge is 0.451 e. The minimum absolute atomic E-state index is 0.0363. The van der Waals surface area contributed by atoms with Crippen molar-refractivity contribution in [3.63, 3.8) is 0 Å². The van der Waals surface area contributed by atoms with E-state index in [2.05, 4.69) is 33.2 Å². The van der Waals surface area contributed by atoms with Crippen LogP contribution in [0.4, 0.5) is 5.69 Å². The van der Waals surface area contributed by atoms with Crippen LogP contribution in [-0.4, -0.2) is 24.4 Å². The molecule has 2 aromatic rings. The van der Waals surface area contributed by atoms with Crippen molar-refractivity contribution in [3.8, 4) is 0 Å². The summed E-state index contributed by atoms with van der Waals surface area (Å²) in [6.07, 6.45) is 1.49. The van der Waals surface area contributed by atoms with E-state index >= 15 is 0 Å². The quantitative estimate of drug-likeness (QED) is 0.391. The molecule has 0 saturated carbocycles. The Bertz CT molecular complexity index is 834. The van der Waals surface area contributed by atoms with Crippen LogP contribution in [0.5, 0.6) is 0 Å². The number of amides is 2. The number of carbonyl (C=O) groups excluding carboxylic acids is 3. The molecule has 0 unspecified atom stereocenters. The molecule has 2 N–H and O–H groups in total. The van der Waals surface area contributed by atoms with Crippen LogP contribution < -0.4 is 10.6 Å². The predicted octanol–water partition coefficient (Wildman–Crippen LogP) is 2.95. The average molecular weight is 464 g/mol. The zero-order valence-electron chi connectivity index (χ0n) is 14.0. The van der Waals surface area contributed by atoms with E-state index in [0.29, 0.717) is 5.69 Å². The number of benzene rings is 2. The molecule has 7 heteroatoms. The summed E-state index contributed by atoms with van der Waals surface area (Å²) in [5.41, 5.74) is 1.29. The van der Waals surface area contributed by atoms with Crippen molar-refractivity contribution in [1.82, 2.24) is 5.32 Å². The second kappa shape index (κ2) is 9.71. The van der Waals surface area contributed by atoms with Gasteiger partial charge in [0.25, 0.3) is 5.91 Å². The highest BCUT2D eigenvalue weighted by molar-refractivity contribution is 14.1. The van der Waals surface area contributed by atoms with E-state index in [9.17, 15) is 14.4 Å². The van der Waals surface area contributed by atoms with Gasteiger partial charge >= 0.3 is 5.97 Å². The topological polar surface area (TPSA) is 84.5 Å². The van der Waals surface area contributed by atoms with Crippen LogP contribution in [0.15, 0.2) is 60.3 Å². The molecular formula is C19H17IN2O4. The summed E-state index contributed by atoms with van der Waals surface area (Å²) in [5.74, 6) is -1.67. The van der Waals surface area contributed by atoms with Crippen molar-refractivity contribution >= 4 is 52.1 Å². The minimum atomic E-state index is -0.790. The van der Waals surface area contributed by atoms with Gasteiger partial charge in [0.1, 0.15) is 5.70 Å². The highest BCUT2D eigenvalue weighted by Gasteiger charge is 2.15. The first-order chi connectivity index (χ1) is 12.4. The first kappa shape index (κ1) is 19.6. The number of halogens is 1. The molecule has 2 rings (SSSR count). The Balaban J connectivity index is 1.99. The zero-order chi connectivity index (χ0) is 18.9. The number of nitrogens with one attached hydrogen (secondary N) is 2. The maximum atomic E-state index is 12.2. The van der Waals surface area contributed by atoms with E-state index in [0.717, 1.165) is 9.13 Å². The van der Waals surface area contributed by atoms with Gasteiger partial charge < -0.3 is 15.4 Å². The summed E-state index contributed by atoms with van der Waals surface area (Å²) in [4.78, 5) is 35.5. The second-order valence-electron chi connectivity index (χ2n) is 5.28. The highest BCUT2D eigenvalue weighted by atomic mass is 127. The van der Waals surface area contributed by atoms with Crippen molar-refractivity contribution in [2.24, 2.45) is 0 Å². The summed E-state index contributed by atoms with van der Waals surface area (Å²) in [5, 5.41) is 5.06. The van der Waals surface area contributed by atoms with E-state index in [4.69, 9.17) is 4.74 Å². The van der Waals surface area contributed by atoms with E-state index < -0.39 is 24.4 Å². The summed E-state index contributed by atoms with van der Waals surface area (Å²) in [6, 6.07) is 16.2. The number of anilines is 1. The van der Waals surface area contributed by atoms with E-state index in [1.165, 1.54) is 13.0 Å². The van der Waals surface area contributed by atoms with Gasteiger partial charge in [0.05, 0.1) is 0 Å². The number of carbonyl (C=O) groups is 3. The molecule has 2 amide bonds. The molecule has 134 valence electrons. The fourth-order valence-electron chi connectivity index (χ4n) is 2.02. The predicted molar refractivity (Wildman–Crippen MR) is 107 cm³/mol. The van der Waals surface area contributed by atoms with Crippen molar-refractivity contribution in [1.29, 1.82) is 0 Å². The fourth-order valence-corrected chi connectivity index (χ4v) is 2.57. The van der Waals surface area contributed by atoms with Gasteiger partial charge in [-0.2, -0.15) is 0 Å². The van der Waals surface area contributed by atoms with E-state index in [-0.39, 0.29) is 5.70 Å². The Morgan fingerprint density at radius 2 is 1.81 bits per heavy atom. The average Bonchev–Trinajstić information content (AvgIpc) is 2.59. The SMILES string of the molecule is CC(=O)NC(=Cc1ccccc1)C(=O)OCC(=O)Nc1cccc(I)c1. The van der Waals surface area contributed by atoms with Crippen LogP contribution in [0, 0.1) is 3.57 Å². The number of hydrogen-bond donors (Lipinski definition) is 2. The number of esters is 1. The molecule has 0 saturated heterocycles. The molecule has 0 spiro atoms. The summed E-state index contributed by atoms with van der Waals surface area (Å²) >= 11 is 2.13. The first-order valence-corrected chi connectivity index (χ1v) is 8.79. The molecule has 0 aliphatic rings. The zero-order valence-corrected chi connectivity index (χ0v) is 16.1. The van der Waals surface area contributed by atoms with Crippen LogP contribution in [0.25, 0.3) is 6.08 Å². The van der Waals surface area contributed by atoms with E-state index in [1.54, 1.807) is 42.5 Å². The lowest BCUT2D eigenvalue weighted by Crippen LogP contribution is -2.28. The molecule has 26 heavy (non-hydrogen) atoms. The lowest BCUT2D eigenvalue weighted by atomic mass is 10.2. The van der Waals surface area contributed by atoms with Gasteiger partial charge in [0.15, 0.2) is 6.61 Å².